The minimum absolute atomic E-state index is 0.0382. The molecule has 0 saturated heterocycles. The third-order valence-corrected chi connectivity index (χ3v) is 5.26. The summed E-state index contributed by atoms with van der Waals surface area (Å²) < 4.78 is 28.4. The lowest BCUT2D eigenvalue weighted by atomic mass is 9.86. The lowest BCUT2D eigenvalue weighted by molar-refractivity contribution is 0.330. The molecule has 0 saturated carbocycles. The Balaban J connectivity index is 2.38. The first-order valence-corrected chi connectivity index (χ1v) is 9.02. The molecule has 0 radical (unpaired) electrons. The Morgan fingerprint density at radius 1 is 1.30 bits per heavy atom. The van der Waals surface area contributed by atoms with Crippen molar-refractivity contribution in [2.75, 3.05) is 0 Å². The first kappa shape index (κ1) is 17.6. The van der Waals surface area contributed by atoms with E-state index in [1.54, 1.807) is 26.2 Å². The van der Waals surface area contributed by atoms with Crippen molar-refractivity contribution in [3.05, 3.63) is 41.5 Å². The van der Waals surface area contributed by atoms with Crippen LogP contribution in [-0.4, -0.2) is 23.6 Å². The van der Waals surface area contributed by atoms with Gasteiger partial charge in [0.05, 0.1) is 11.4 Å². The van der Waals surface area contributed by atoms with Crippen molar-refractivity contribution < 1.29 is 8.42 Å². The number of nitrogens with one attached hydrogen (secondary N) is 2. The highest BCUT2D eigenvalue weighted by atomic mass is 32.2. The van der Waals surface area contributed by atoms with E-state index in [4.69, 9.17) is 0 Å². The minimum Gasteiger partial charge on any atom is -0.281 e. The summed E-state index contributed by atoms with van der Waals surface area (Å²) in [7, 11) is -3.67. The zero-order chi connectivity index (χ0) is 17.3. The van der Waals surface area contributed by atoms with Gasteiger partial charge in [-0.25, -0.2) is 13.1 Å². The number of aromatic amines is 1. The molecule has 7 heteroatoms. The number of nitrogens with zero attached hydrogens (tertiary/aromatic N) is 2. The summed E-state index contributed by atoms with van der Waals surface area (Å²) in [6, 6.07) is 3.36. The average Bonchev–Trinajstić information content (AvgIpc) is 2.77. The molecular weight excluding hydrogens is 312 g/mol. The van der Waals surface area contributed by atoms with Crippen LogP contribution in [0.3, 0.4) is 0 Å². The van der Waals surface area contributed by atoms with Crippen molar-refractivity contribution in [3.63, 3.8) is 0 Å². The first-order valence-electron chi connectivity index (χ1n) is 7.54. The lowest BCUT2D eigenvalue weighted by Crippen LogP contribution is -2.32. The highest BCUT2D eigenvalue weighted by Gasteiger charge is 2.29. The van der Waals surface area contributed by atoms with Crippen molar-refractivity contribution in [2.45, 2.75) is 52.0 Å². The summed E-state index contributed by atoms with van der Waals surface area (Å²) in [6.45, 7) is 9.63. The van der Waals surface area contributed by atoms with E-state index in [9.17, 15) is 8.42 Å². The summed E-state index contributed by atoms with van der Waals surface area (Å²) in [4.78, 5) is 4.33. The lowest BCUT2D eigenvalue weighted by Gasteiger charge is -2.27. The van der Waals surface area contributed by atoms with E-state index >= 15 is 0 Å². The molecule has 1 unspecified atom stereocenters. The van der Waals surface area contributed by atoms with Gasteiger partial charge < -0.3 is 0 Å². The van der Waals surface area contributed by atoms with Crippen LogP contribution in [-0.2, 0) is 10.0 Å². The second kappa shape index (κ2) is 6.41. The van der Waals surface area contributed by atoms with Crippen molar-refractivity contribution in [2.24, 2.45) is 5.41 Å². The Bertz CT molecular complexity index is 742. The van der Waals surface area contributed by atoms with E-state index in [1.165, 1.54) is 0 Å². The topological polar surface area (TPSA) is 87.7 Å². The Morgan fingerprint density at radius 3 is 2.48 bits per heavy atom. The van der Waals surface area contributed by atoms with Crippen molar-refractivity contribution >= 4 is 10.0 Å². The van der Waals surface area contributed by atoms with Crippen LogP contribution in [0.25, 0.3) is 0 Å². The molecule has 0 amide bonds. The number of rotatable bonds is 5. The molecule has 2 N–H and O–H groups in total. The van der Waals surface area contributed by atoms with Crippen LogP contribution in [0.15, 0.2) is 29.4 Å². The second-order valence-corrected chi connectivity index (χ2v) is 8.64. The van der Waals surface area contributed by atoms with Crippen molar-refractivity contribution in [1.29, 1.82) is 0 Å². The number of pyridine rings is 1. The largest absolute Gasteiger partial charge is 0.281 e. The summed E-state index contributed by atoms with van der Waals surface area (Å²) >= 11 is 0. The van der Waals surface area contributed by atoms with Gasteiger partial charge in [-0.15, -0.1) is 0 Å². The zero-order valence-corrected chi connectivity index (χ0v) is 15.0. The molecule has 0 fully saturated rings. The number of H-pyrrole nitrogens is 1. The van der Waals surface area contributed by atoms with E-state index in [-0.39, 0.29) is 16.4 Å². The molecule has 0 aliphatic rings. The first-order chi connectivity index (χ1) is 10.6. The summed E-state index contributed by atoms with van der Waals surface area (Å²) in [5.41, 5.74) is 1.82. The van der Waals surface area contributed by atoms with Gasteiger partial charge in [0.2, 0.25) is 10.0 Å². The molecule has 0 aromatic carbocycles. The van der Waals surface area contributed by atoms with Crippen LogP contribution in [0.4, 0.5) is 0 Å². The maximum Gasteiger partial charge on any atom is 0.244 e. The predicted octanol–water partition coefficient (Wildman–Crippen LogP) is 2.88. The SMILES string of the molecule is Cc1n[nH]c(C)c1S(=O)(=O)NC(CC(C)(C)C)c1cccnc1. The van der Waals surface area contributed by atoms with Crippen LogP contribution in [0.1, 0.15) is 50.2 Å². The van der Waals surface area contributed by atoms with Crippen LogP contribution in [0, 0.1) is 19.3 Å². The Morgan fingerprint density at radius 2 is 2.00 bits per heavy atom. The highest BCUT2D eigenvalue weighted by Crippen LogP contribution is 2.31. The van der Waals surface area contributed by atoms with Gasteiger partial charge in [-0.3, -0.25) is 10.1 Å². The maximum atomic E-state index is 12.8. The summed E-state index contributed by atoms with van der Waals surface area (Å²) in [6.07, 6.45) is 4.04. The molecule has 0 spiro atoms. The monoisotopic (exact) mass is 336 g/mol. The molecule has 2 heterocycles. The fourth-order valence-electron chi connectivity index (χ4n) is 2.60. The molecule has 0 aliphatic heterocycles. The van der Waals surface area contributed by atoms with Crippen LogP contribution in [0.5, 0.6) is 0 Å². The van der Waals surface area contributed by atoms with Crippen molar-refractivity contribution in [1.82, 2.24) is 19.9 Å². The Labute approximate surface area is 137 Å². The number of aromatic nitrogens is 3. The molecule has 0 aliphatic carbocycles. The maximum absolute atomic E-state index is 12.8. The number of hydrogen-bond acceptors (Lipinski definition) is 4. The minimum atomic E-state index is -3.67. The second-order valence-electron chi connectivity index (χ2n) is 6.99. The van der Waals surface area contributed by atoms with Crippen LogP contribution < -0.4 is 4.72 Å². The van der Waals surface area contributed by atoms with Crippen LogP contribution in [0.2, 0.25) is 0 Å². The van der Waals surface area contributed by atoms with E-state index < -0.39 is 10.0 Å². The number of aryl methyl sites for hydroxylation is 2. The van der Waals surface area contributed by atoms with Gasteiger partial charge >= 0.3 is 0 Å². The van der Waals surface area contributed by atoms with Gasteiger partial charge in [-0.1, -0.05) is 26.8 Å². The number of hydrogen-bond donors (Lipinski definition) is 2. The zero-order valence-electron chi connectivity index (χ0n) is 14.2. The fraction of sp³-hybridized carbons (Fsp3) is 0.500. The molecule has 2 aromatic rings. The molecule has 2 rings (SSSR count). The number of sulfonamides is 1. The molecule has 1 atom stereocenters. The van der Waals surface area contributed by atoms with E-state index in [0.29, 0.717) is 17.8 Å². The smallest absolute Gasteiger partial charge is 0.244 e. The predicted molar refractivity (Wildman–Crippen MR) is 89.4 cm³/mol. The van der Waals surface area contributed by atoms with E-state index in [0.717, 1.165) is 5.56 Å². The molecule has 126 valence electrons. The molecule has 2 aromatic heterocycles. The standard InChI is InChI=1S/C16H24N4O2S/c1-11-15(12(2)19-18-11)23(21,22)20-14(9-16(3,4)5)13-7-6-8-17-10-13/h6-8,10,14,20H,9H2,1-5H3,(H,18,19). The third kappa shape index (κ3) is 4.39. The summed E-state index contributed by atoms with van der Waals surface area (Å²) in [5, 5.41) is 6.70. The van der Waals surface area contributed by atoms with E-state index in [2.05, 4.69) is 40.7 Å². The van der Waals surface area contributed by atoms with Gasteiger partial charge in [0.1, 0.15) is 4.90 Å². The third-order valence-electron chi connectivity index (χ3n) is 3.53. The van der Waals surface area contributed by atoms with Crippen molar-refractivity contribution in [3.8, 4) is 0 Å². The van der Waals surface area contributed by atoms with Gasteiger partial charge in [0, 0.05) is 18.4 Å². The summed E-state index contributed by atoms with van der Waals surface area (Å²) in [5.74, 6) is 0. The quantitative estimate of drug-likeness (QED) is 0.879. The Kier molecular flexibility index (Phi) is 4.91. The molecule has 0 bridgehead atoms. The average molecular weight is 336 g/mol. The Hall–Kier alpha value is -1.73. The van der Waals surface area contributed by atoms with Gasteiger partial charge in [0.25, 0.3) is 0 Å². The van der Waals surface area contributed by atoms with Gasteiger partial charge in [-0.05, 0) is 37.3 Å². The van der Waals surface area contributed by atoms with E-state index in [1.807, 2.05) is 12.1 Å². The molecular formula is C16H24N4O2S. The molecule has 6 nitrogen and oxygen atoms in total. The highest BCUT2D eigenvalue weighted by molar-refractivity contribution is 7.89. The van der Waals surface area contributed by atoms with Gasteiger partial charge in [0.15, 0.2) is 0 Å². The van der Waals surface area contributed by atoms with Crippen LogP contribution >= 0.6 is 0 Å². The van der Waals surface area contributed by atoms with Gasteiger partial charge in [-0.2, -0.15) is 5.10 Å². The molecule has 23 heavy (non-hydrogen) atoms. The normalized spacial score (nSPS) is 14.0. The fourth-order valence-corrected chi connectivity index (χ4v) is 4.20.